The molecule has 7 heteroatoms. The van der Waals surface area contributed by atoms with Crippen molar-refractivity contribution in [2.24, 2.45) is 0 Å². The highest BCUT2D eigenvalue weighted by Gasteiger charge is 2.14. The third kappa shape index (κ3) is 3.02. The monoisotopic (exact) mass is 290 g/mol. The summed E-state index contributed by atoms with van der Waals surface area (Å²) in [6.45, 7) is 2.27. The molecule has 1 heterocycles. The van der Waals surface area contributed by atoms with Gasteiger partial charge in [0.15, 0.2) is 0 Å². The predicted molar refractivity (Wildman–Crippen MR) is 75.0 cm³/mol. The summed E-state index contributed by atoms with van der Waals surface area (Å²) in [7, 11) is 1.52. The maximum atomic E-state index is 11.7. The molecule has 0 atom stereocenters. The number of rotatable bonds is 5. The lowest BCUT2D eigenvalue weighted by atomic mass is 10.1. The number of ether oxygens (including phenoxy) is 2. The summed E-state index contributed by atoms with van der Waals surface area (Å²) >= 11 is 0. The number of benzene rings is 1. The number of hydrogen-bond acceptors (Lipinski definition) is 5. The molecule has 1 aromatic heterocycles. The van der Waals surface area contributed by atoms with E-state index >= 15 is 0 Å². The average molecular weight is 290 g/mol. The number of H-pyrrole nitrogens is 1. The Balaban J connectivity index is 2.56. The first-order valence-electron chi connectivity index (χ1n) is 6.20. The Labute approximate surface area is 120 Å². The Morgan fingerprint density at radius 2 is 2.19 bits per heavy atom. The molecule has 0 bridgehead atoms. The molecule has 0 unspecified atom stereocenters. The fourth-order valence-electron chi connectivity index (χ4n) is 1.79. The number of methoxy groups -OCH3 is 1. The van der Waals surface area contributed by atoms with E-state index < -0.39 is 17.1 Å². The normalized spacial score (nSPS) is 10.2. The molecule has 7 nitrogen and oxygen atoms in total. The average Bonchev–Trinajstić information content (AvgIpc) is 2.47. The molecule has 0 saturated carbocycles. The van der Waals surface area contributed by atoms with Crippen LogP contribution in [0.5, 0.6) is 11.5 Å². The van der Waals surface area contributed by atoms with Crippen molar-refractivity contribution in [3.63, 3.8) is 0 Å². The highest BCUT2D eigenvalue weighted by atomic mass is 16.5. The van der Waals surface area contributed by atoms with Crippen molar-refractivity contribution in [3.8, 4) is 22.9 Å². The fraction of sp³-hybridized carbons (Fsp3) is 0.214. The number of carbonyl (C=O) groups is 1. The van der Waals surface area contributed by atoms with E-state index in [9.17, 15) is 9.59 Å². The van der Waals surface area contributed by atoms with Crippen LogP contribution in [0, 0.1) is 0 Å². The molecule has 21 heavy (non-hydrogen) atoms. The van der Waals surface area contributed by atoms with Gasteiger partial charge in [-0.05, 0) is 25.1 Å². The minimum Gasteiger partial charge on any atom is -0.497 e. The molecule has 1 aromatic carbocycles. The molecular formula is C14H14N2O5. The Morgan fingerprint density at radius 3 is 2.76 bits per heavy atom. The van der Waals surface area contributed by atoms with Crippen LogP contribution in [0.15, 0.2) is 29.2 Å². The van der Waals surface area contributed by atoms with E-state index in [0.717, 1.165) is 6.20 Å². The van der Waals surface area contributed by atoms with Gasteiger partial charge in [0.1, 0.15) is 22.9 Å². The van der Waals surface area contributed by atoms with Crippen molar-refractivity contribution in [2.45, 2.75) is 6.92 Å². The maximum Gasteiger partial charge on any atom is 0.342 e. The largest absolute Gasteiger partial charge is 0.497 e. The topological polar surface area (TPSA) is 102 Å². The summed E-state index contributed by atoms with van der Waals surface area (Å²) in [5.41, 5.74) is -0.623. The maximum absolute atomic E-state index is 11.7. The van der Waals surface area contributed by atoms with Crippen LogP contribution in [0.25, 0.3) is 11.4 Å². The van der Waals surface area contributed by atoms with Gasteiger partial charge < -0.3 is 19.6 Å². The summed E-state index contributed by atoms with van der Waals surface area (Å²) < 4.78 is 10.6. The van der Waals surface area contributed by atoms with E-state index in [4.69, 9.17) is 14.6 Å². The van der Waals surface area contributed by atoms with Gasteiger partial charge in [-0.3, -0.25) is 4.79 Å². The number of aromatic nitrogens is 2. The number of carboxylic acid groups (broad SMARTS) is 1. The van der Waals surface area contributed by atoms with Gasteiger partial charge in [0.05, 0.1) is 19.3 Å². The second-order valence-electron chi connectivity index (χ2n) is 4.07. The smallest absolute Gasteiger partial charge is 0.342 e. The van der Waals surface area contributed by atoms with Crippen molar-refractivity contribution >= 4 is 5.97 Å². The van der Waals surface area contributed by atoms with Crippen molar-refractivity contribution in [2.75, 3.05) is 13.7 Å². The first-order chi connectivity index (χ1) is 10.1. The molecular weight excluding hydrogens is 276 g/mol. The van der Waals surface area contributed by atoms with E-state index in [0.29, 0.717) is 23.7 Å². The molecule has 0 aliphatic rings. The summed E-state index contributed by atoms with van der Waals surface area (Å²) in [6.07, 6.45) is 1.02. The Kier molecular flexibility index (Phi) is 4.22. The molecule has 0 saturated heterocycles. The lowest BCUT2D eigenvalue weighted by Gasteiger charge is -2.11. The minimum absolute atomic E-state index is 0.215. The molecule has 0 aliphatic carbocycles. The van der Waals surface area contributed by atoms with Crippen LogP contribution in [0.1, 0.15) is 17.3 Å². The molecule has 0 amide bonds. The van der Waals surface area contributed by atoms with Crippen LogP contribution >= 0.6 is 0 Å². The van der Waals surface area contributed by atoms with Gasteiger partial charge in [-0.1, -0.05) is 0 Å². The van der Waals surface area contributed by atoms with Crippen LogP contribution in [0.2, 0.25) is 0 Å². The number of nitrogens with zero attached hydrogens (tertiary/aromatic N) is 1. The first kappa shape index (κ1) is 14.6. The number of aromatic carboxylic acids is 1. The molecule has 0 spiro atoms. The first-order valence-corrected chi connectivity index (χ1v) is 6.20. The highest BCUT2D eigenvalue weighted by Crippen LogP contribution is 2.31. The lowest BCUT2D eigenvalue weighted by molar-refractivity contribution is 0.0694. The fourth-order valence-corrected chi connectivity index (χ4v) is 1.79. The number of hydrogen-bond donors (Lipinski definition) is 2. The standard InChI is InChI=1S/C14H14N2O5/c1-3-21-11-5-4-8(20-2)6-9(11)12-15-7-10(14(18)19)13(17)16-12/h4-7H,3H2,1-2H3,(H,18,19)(H,15,16,17). The van der Waals surface area contributed by atoms with Gasteiger partial charge in [0.2, 0.25) is 0 Å². The van der Waals surface area contributed by atoms with Crippen molar-refractivity contribution < 1.29 is 19.4 Å². The van der Waals surface area contributed by atoms with Gasteiger partial charge in [-0.25, -0.2) is 9.78 Å². The van der Waals surface area contributed by atoms with E-state index in [1.54, 1.807) is 18.2 Å². The van der Waals surface area contributed by atoms with E-state index in [1.165, 1.54) is 7.11 Å². The number of nitrogens with one attached hydrogen (secondary N) is 1. The van der Waals surface area contributed by atoms with Crippen molar-refractivity contribution in [1.82, 2.24) is 9.97 Å². The predicted octanol–water partition coefficient (Wildman–Crippen LogP) is 1.54. The zero-order valence-electron chi connectivity index (χ0n) is 11.5. The number of aromatic amines is 1. The zero-order chi connectivity index (χ0) is 15.4. The van der Waals surface area contributed by atoms with Crippen molar-refractivity contribution in [3.05, 3.63) is 40.3 Å². The second kappa shape index (κ2) is 6.08. The Morgan fingerprint density at radius 1 is 1.43 bits per heavy atom. The van der Waals surface area contributed by atoms with Crippen LogP contribution in [-0.4, -0.2) is 34.8 Å². The van der Waals surface area contributed by atoms with Gasteiger partial charge in [-0.2, -0.15) is 0 Å². The van der Waals surface area contributed by atoms with Crippen LogP contribution in [0.3, 0.4) is 0 Å². The van der Waals surface area contributed by atoms with Gasteiger partial charge in [-0.15, -0.1) is 0 Å². The molecule has 0 radical (unpaired) electrons. The van der Waals surface area contributed by atoms with Crippen LogP contribution < -0.4 is 15.0 Å². The van der Waals surface area contributed by atoms with Gasteiger partial charge in [0.25, 0.3) is 5.56 Å². The second-order valence-corrected chi connectivity index (χ2v) is 4.07. The highest BCUT2D eigenvalue weighted by molar-refractivity contribution is 5.86. The SMILES string of the molecule is CCOc1ccc(OC)cc1-c1ncc(C(=O)O)c(=O)[nH]1. The molecule has 110 valence electrons. The number of carboxylic acids is 1. The molecule has 2 rings (SSSR count). The third-order valence-electron chi connectivity index (χ3n) is 2.77. The van der Waals surface area contributed by atoms with Gasteiger partial charge in [0, 0.05) is 6.20 Å². The zero-order valence-corrected chi connectivity index (χ0v) is 11.5. The quantitative estimate of drug-likeness (QED) is 0.866. The van der Waals surface area contributed by atoms with Crippen molar-refractivity contribution in [1.29, 1.82) is 0 Å². The van der Waals surface area contributed by atoms with E-state index in [1.807, 2.05) is 6.92 Å². The molecule has 0 fully saturated rings. The molecule has 0 aliphatic heterocycles. The molecule has 2 N–H and O–H groups in total. The van der Waals surface area contributed by atoms with E-state index in [-0.39, 0.29) is 5.82 Å². The summed E-state index contributed by atoms with van der Waals surface area (Å²) in [5, 5.41) is 8.84. The summed E-state index contributed by atoms with van der Waals surface area (Å²) in [4.78, 5) is 29.0. The Bertz CT molecular complexity index is 724. The van der Waals surface area contributed by atoms with Gasteiger partial charge >= 0.3 is 5.97 Å². The third-order valence-corrected chi connectivity index (χ3v) is 2.77. The van der Waals surface area contributed by atoms with E-state index in [2.05, 4.69) is 9.97 Å². The van der Waals surface area contributed by atoms with Crippen LogP contribution in [0.4, 0.5) is 0 Å². The summed E-state index contributed by atoms with van der Waals surface area (Å²) in [5.74, 6) is -0.0266. The summed E-state index contributed by atoms with van der Waals surface area (Å²) in [6, 6.07) is 5.07. The van der Waals surface area contributed by atoms with Crippen LogP contribution in [-0.2, 0) is 0 Å². The lowest BCUT2D eigenvalue weighted by Crippen LogP contribution is -2.18. The molecule has 2 aromatic rings. The minimum atomic E-state index is -1.33. The Hall–Kier alpha value is -2.83.